The van der Waals surface area contributed by atoms with Crippen molar-refractivity contribution in [3.8, 4) is 0 Å². The van der Waals surface area contributed by atoms with Crippen LogP contribution in [0, 0.1) is 19.2 Å². The third-order valence-electron chi connectivity index (χ3n) is 0.586. The van der Waals surface area contributed by atoms with Gasteiger partial charge >= 0.3 is 21.7 Å². The van der Waals surface area contributed by atoms with E-state index in [-0.39, 0.29) is 21.7 Å². The molecule has 1 radical (unpaired) electrons. The van der Waals surface area contributed by atoms with Crippen molar-refractivity contribution in [1.82, 2.24) is 0 Å². The van der Waals surface area contributed by atoms with Gasteiger partial charge in [-0.25, -0.2) is 12.2 Å². The summed E-state index contributed by atoms with van der Waals surface area (Å²) < 4.78 is 0. The normalized spacial score (nSPS) is 13.0. The number of rotatable bonds is 0. The van der Waals surface area contributed by atoms with E-state index in [9.17, 15) is 0 Å². The summed E-state index contributed by atoms with van der Waals surface area (Å²) in [5, 5.41) is 0. The van der Waals surface area contributed by atoms with Gasteiger partial charge in [0.15, 0.2) is 0 Å². The zero-order valence-corrected chi connectivity index (χ0v) is 15.4. The summed E-state index contributed by atoms with van der Waals surface area (Å²) in [4.78, 5) is 0. The topological polar surface area (TPSA) is 0 Å². The molecule has 0 spiro atoms. The van der Waals surface area contributed by atoms with E-state index < -0.39 is 16.1 Å². The molecule has 0 aromatic rings. The van der Waals surface area contributed by atoms with E-state index in [0.29, 0.717) is 0 Å². The van der Waals surface area contributed by atoms with Crippen molar-refractivity contribution in [2.75, 3.05) is 0 Å². The molecule has 0 atom stereocenters. The van der Waals surface area contributed by atoms with Crippen molar-refractivity contribution in [3.05, 3.63) is 37.4 Å². The smallest absolute Gasteiger partial charge is 0.342 e. The van der Waals surface area contributed by atoms with Gasteiger partial charge in [-0.2, -0.15) is 6.08 Å². The summed E-state index contributed by atoms with van der Waals surface area (Å²) >= 11 is 0. The van der Waals surface area contributed by atoms with Crippen LogP contribution in [0.25, 0.3) is 0 Å². The molecule has 1 aliphatic rings. The van der Waals surface area contributed by atoms with Crippen LogP contribution in [0.15, 0.2) is 18.2 Å². The van der Waals surface area contributed by atoms with E-state index in [1.54, 1.807) is 0 Å². The zero-order chi connectivity index (χ0) is 12.5. The van der Waals surface area contributed by atoms with Crippen molar-refractivity contribution in [2.45, 2.75) is 45.7 Å². The van der Waals surface area contributed by atoms with E-state index >= 15 is 0 Å². The molecule has 0 bridgehead atoms. The van der Waals surface area contributed by atoms with Gasteiger partial charge in [-0.15, -0.1) is 22.6 Å². The fourth-order valence-electron chi connectivity index (χ4n) is 0.340. The first kappa shape index (κ1) is 21.9. The standard InChI is InChI=1S/C5H5.2C4H11Si.Ti/c1-2-4-5-3-1;2*1-5(2,3)4;/h1-3H,4H2;2*1H2,2-4H3;/q3*-1;+3. The average Bonchev–Trinajstić information content (AvgIpc) is 2.28. The molecule has 0 aliphatic heterocycles. The predicted octanol–water partition coefficient (Wildman–Crippen LogP) is 4.70. The Bertz CT molecular complexity index is 161. The summed E-state index contributed by atoms with van der Waals surface area (Å²) in [6.07, 6.45) is 10.0. The minimum absolute atomic E-state index is 0. The van der Waals surface area contributed by atoms with Crippen molar-refractivity contribution in [2.24, 2.45) is 0 Å². The molecule has 0 nitrogen and oxygen atoms in total. The van der Waals surface area contributed by atoms with Crippen LogP contribution in [-0.4, -0.2) is 16.1 Å². The van der Waals surface area contributed by atoms with E-state index in [0.717, 1.165) is 6.42 Å². The maximum absolute atomic E-state index is 3.91. The molecule has 0 amide bonds. The summed E-state index contributed by atoms with van der Waals surface area (Å²) in [5.74, 6) is 0. The van der Waals surface area contributed by atoms with E-state index in [1.165, 1.54) is 0 Å². The maximum Gasteiger partial charge on any atom is 3.00 e. The fourth-order valence-corrected chi connectivity index (χ4v) is 0.340. The monoisotopic (exact) mass is 287 g/mol. The Morgan fingerprint density at radius 2 is 1.25 bits per heavy atom. The van der Waals surface area contributed by atoms with Gasteiger partial charge in [0.05, 0.1) is 0 Å². The fraction of sp³-hybridized carbons (Fsp3) is 0.538. The van der Waals surface area contributed by atoms with Gasteiger partial charge in [-0.05, 0) is 0 Å². The van der Waals surface area contributed by atoms with Crippen LogP contribution in [0.5, 0.6) is 0 Å². The maximum atomic E-state index is 3.91. The quantitative estimate of drug-likeness (QED) is 0.447. The summed E-state index contributed by atoms with van der Waals surface area (Å²) in [6.45, 7) is 21.1. The summed E-state index contributed by atoms with van der Waals surface area (Å²) in [7, 11) is -1.72. The average molecular weight is 287 g/mol. The molecule has 0 fully saturated rings. The Labute approximate surface area is 121 Å². The molecule has 0 heterocycles. The molecule has 1 rings (SSSR count). The van der Waals surface area contributed by atoms with E-state index in [2.05, 4.69) is 64.5 Å². The zero-order valence-electron chi connectivity index (χ0n) is 11.9. The van der Waals surface area contributed by atoms with Crippen LogP contribution >= 0.6 is 0 Å². The minimum Gasteiger partial charge on any atom is -0.342 e. The second-order valence-electron chi connectivity index (χ2n) is 6.12. The van der Waals surface area contributed by atoms with Crippen LogP contribution in [0.2, 0.25) is 39.3 Å². The van der Waals surface area contributed by atoms with Gasteiger partial charge in [0.1, 0.15) is 0 Å². The predicted molar refractivity (Wildman–Crippen MR) is 79.0 cm³/mol. The van der Waals surface area contributed by atoms with Crippen LogP contribution < -0.4 is 0 Å². The third-order valence-corrected chi connectivity index (χ3v) is 0.586. The Morgan fingerprint density at radius 1 is 0.938 bits per heavy atom. The van der Waals surface area contributed by atoms with Crippen molar-refractivity contribution in [1.29, 1.82) is 0 Å². The molecular formula is C13H27Si2Ti. The van der Waals surface area contributed by atoms with E-state index in [4.69, 9.17) is 0 Å². The molecule has 1 aliphatic carbocycles. The molecule has 0 aromatic carbocycles. The first-order valence-corrected chi connectivity index (χ1v) is 12.8. The molecule has 16 heavy (non-hydrogen) atoms. The SMILES string of the molecule is [C-]1=CC=CC1.[CH2-][Si](C)(C)C.[CH2-][Si](C)(C)C.[Ti+3]. The van der Waals surface area contributed by atoms with Crippen molar-refractivity contribution in [3.63, 3.8) is 0 Å². The van der Waals surface area contributed by atoms with E-state index in [1.807, 2.05) is 12.2 Å². The third kappa shape index (κ3) is 85.8. The van der Waals surface area contributed by atoms with Crippen LogP contribution in [-0.2, 0) is 21.7 Å². The van der Waals surface area contributed by atoms with Gasteiger partial charge in [-0.3, -0.25) is 6.08 Å². The second kappa shape index (κ2) is 10.8. The van der Waals surface area contributed by atoms with Gasteiger partial charge in [0.2, 0.25) is 0 Å². The van der Waals surface area contributed by atoms with Gasteiger partial charge in [0.25, 0.3) is 0 Å². The number of allylic oxidation sites excluding steroid dienone is 4. The minimum atomic E-state index is -0.861. The molecule has 0 saturated carbocycles. The molecule has 0 N–H and O–H groups in total. The van der Waals surface area contributed by atoms with Crippen LogP contribution in [0.1, 0.15) is 6.42 Å². The van der Waals surface area contributed by atoms with Gasteiger partial charge in [0, 0.05) is 0 Å². The molecule has 0 unspecified atom stereocenters. The van der Waals surface area contributed by atoms with Crippen LogP contribution in [0.4, 0.5) is 0 Å². The first-order valence-electron chi connectivity index (χ1n) is 5.42. The Morgan fingerprint density at radius 3 is 1.31 bits per heavy atom. The summed E-state index contributed by atoms with van der Waals surface area (Å²) in [6, 6.07) is 0. The summed E-state index contributed by atoms with van der Waals surface area (Å²) in [5.41, 5.74) is 0. The Kier molecular flexibility index (Phi) is 14.7. The molecule has 91 valence electrons. The van der Waals surface area contributed by atoms with Crippen molar-refractivity contribution < 1.29 is 21.7 Å². The van der Waals surface area contributed by atoms with Gasteiger partial charge < -0.3 is 13.1 Å². The van der Waals surface area contributed by atoms with Crippen molar-refractivity contribution >= 4 is 16.1 Å². The Hall–Kier alpha value is 0.628. The molecular weight excluding hydrogens is 260 g/mol. The number of hydrogen-bond acceptors (Lipinski definition) is 0. The first-order chi connectivity index (χ1) is 6.50. The molecule has 0 saturated heterocycles. The number of hydrogen-bond donors (Lipinski definition) is 0. The second-order valence-corrected chi connectivity index (χ2v) is 16.4. The molecule has 3 heteroatoms. The largest absolute Gasteiger partial charge is 3.00 e. The molecule has 0 aromatic heterocycles. The Balaban J connectivity index is -0.000000154. The van der Waals surface area contributed by atoms with Crippen LogP contribution in [0.3, 0.4) is 0 Å². The van der Waals surface area contributed by atoms with Gasteiger partial charge in [-0.1, -0.05) is 39.3 Å².